The Morgan fingerprint density at radius 3 is 2.84 bits per heavy atom. The number of nitrogens with two attached hydrogens (primary N) is 1. The van der Waals surface area contributed by atoms with Gasteiger partial charge in [-0.15, -0.1) is 0 Å². The Labute approximate surface area is 113 Å². The van der Waals surface area contributed by atoms with Crippen molar-refractivity contribution >= 4 is 5.96 Å². The largest absolute Gasteiger partial charge is 0.383 e. The van der Waals surface area contributed by atoms with Crippen LogP contribution in [-0.4, -0.2) is 32.3 Å². The Bertz CT molecular complexity index is 411. The Kier molecular flexibility index (Phi) is 6.84. The lowest BCUT2D eigenvalue weighted by atomic mass is 10.1. The maximum atomic E-state index is 13.4. The zero-order chi connectivity index (χ0) is 14.1. The van der Waals surface area contributed by atoms with Gasteiger partial charge in [-0.25, -0.2) is 10.2 Å². The van der Waals surface area contributed by atoms with E-state index < -0.39 is 0 Å². The van der Waals surface area contributed by atoms with Crippen LogP contribution >= 0.6 is 0 Å². The van der Waals surface area contributed by atoms with E-state index >= 15 is 0 Å². The van der Waals surface area contributed by atoms with Gasteiger partial charge in [0.15, 0.2) is 0 Å². The Morgan fingerprint density at radius 1 is 1.47 bits per heavy atom. The molecule has 1 aromatic carbocycles. The first-order valence-electron chi connectivity index (χ1n) is 6.17. The highest BCUT2D eigenvalue weighted by Crippen LogP contribution is 2.06. The zero-order valence-corrected chi connectivity index (χ0v) is 11.3. The SMILES string of the molecule is COCC(C)NC(=NCCc1ccccc1F)NN. The lowest BCUT2D eigenvalue weighted by Gasteiger charge is -2.15. The summed E-state index contributed by atoms with van der Waals surface area (Å²) in [7, 11) is 1.63. The van der Waals surface area contributed by atoms with Gasteiger partial charge in [-0.2, -0.15) is 0 Å². The summed E-state index contributed by atoms with van der Waals surface area (Å²) in [5.41, 5.74) is 3.13. The normalized spacial score (nSPS) is 13.2. The van der Waals surface area contributed by atoms with Gasteiger partial charge in [-0.1, -0.05) is 18.2 Å². The number of hydrazine groups is 1. The summed E-state index contributed by atoms with van der Waals surface area (Å²) in [5, 5.41) is 3.06. The molecular formula is C13H21FN4O. The highest BCUT2D eigenvalue weighted by molar-refractivity contribution is 5.79. The third kappa shape index (κ3) is 5.67. The molecule has 1 rings (SSSR count). The van der Waals surface area contributed by atoms with Crippen molar-refractivity contribution in [2.75, 3.05) is 20.3 Å². The maximum Gasteiger partial charge on any atom is 0.206 e. The van der Waals surface area contributed by atoms with Crippen LogP contribution < -0.4 is 16.6 Å². The van der Waals surface area contributed by atoms with E-state index in [0.717, 1.165) is 0 Å². The monoisotopic (exact) mass is 268 g/mol. The Morgan fingerprint density at radius 2 is 2.21 bits per heavy atom. The van der Waals surface area contributed by atoms with Crippen LogP contribution in [0, 0.1) is 5.82 Å². The smallest absolute Gasteiger partial charge is 0.206 e. The van der Waals surface area contributed by atoms with Gasteiger partial charge in [-0.3, -0.25) is 10.4 Å². The first kappa shape index (κ1) is 15.4. The number of aliphatic imine (C=N–C) groups is 1. The minimum Gasteiger partial charge on any atom is -0.383 e. The number of methoxy groups -OCH3 is 1. The van der Waals surface area contributed by atoms with E-state index in [-0.39, 0.29) is 11.9 Å². The topological polar surface area (TPSA) is 71.7 Å². The second-order valence-electron chi connectivity index (χ2n) is 4.22. The molecule has 0 spiro atoms. The Hall–Kier alpha value is -1.66. The van der Waals surface area contributed by atoms with Crippen LogP contribution in [-0.2, 0) is 11.2 Å². The minimum atomic E-state index is -0.208. The molecule has 0 saturated carbocycles. The second-order valence-corrected chi connectivity index (χ2v) is 4.22. The number of halogens is 1. The molecule has 0 aromatic heterocycles. The summed E-state index contributed by atoms with van der Waals surface area (Å²) in [6, 6.07) is 6.77. The molecule has 19 heavy (non-hydrogen) atoms. The van der Waals surface area contributed by atoms with Crippen LogP contribution in [0.5, 0.6) is 0 Å². The van der Waals surface area contributed by atoms with E-state index in [2.05, 4.69) is 15.7 Å². The van der Waals surface area contributed by atoms with E-state index in [4.69, 9.17) is 10.6 Å². The molecule has 0 aliphatic carbocycles. The molecule has 4 N–H and O–H groups in total. The molecule has 0 fully saturated rings. The number of guanidine groups is 1. The molecule has 6 heteroatoms. The van der Waals surface area contributed by atoms with Gasteiger partial charge in [-0.05, 0) is 25.0 Å². The molecular weight excluding hydrogens is 247 g/mol. The lowest BCUT2D eigenvalue weighted by molar-refractivity contribution is 0.179. The van der Waals surface area contributed by atoms with Gasteiger partial charge in [0.05, 0.1) is 6.61 Å². The number of rotatable bonds is 6. The molecule has 1 atom stereocenters. The van der Waals surface area contributed by atoms with Crippen molar-refractivity contribution in [1.29, 1.82) is 0 Å². The van der Waals surface area contributed by atoms with E-state index in [1.807, 2.05) is 13.0 Å². The Balaban J connectivity index is 2.47. The number of nitrogens with one attached hydrogen (secondary N) is 2. The molecule has 0 radical (unpaired) electrons. The standard InChI is InChI=1S/C13H21FN4O/c1-10(9-19-2)17-13(18-15)16-8-7-11-5-3-4-6-12(11)14/h3-6,10H,7-9,15H2,1-2H3,(H2,16,17,18). The van der Waals surface area contributed by atoms with Crippen molar-refractivity contribution in [3.05, 3.63) is 35.6 Å². The number of hydrogen-bond acceptors (Lipinski definition) is 3. The van der Waals surface area contributed by atoms with Crippen molar-refractivity contribution in [3.63, 3.8) is 0 Å². The van der Waals surface area contributed by atoms with Gasteiger partial charge in [0.2, 0.25) is 5.96 Å². The molecule has 1 unspecified atom stereocenters. The van der Waals surface area contributed by atoms with Gasteiger partial charge in [0.25, 0.3) is 0 Å². The quantitative estimate of drug-likeness (QED) is 0.309. The fourth-order valence-electron chi connectivity index (χ4n) is 1.65. The van der Waals surface area contributed by atoms with E-state index in [9.17, 15) is 4.39 Å². The summed E-state index contributed by atoms with van der Waals surface area (Å²) in [4.78, 5) is 4.25. The predicted molar refractivity (Wildman–Crippen MR) is 74.2 cm³/mol. The average molecular weight is 268 g/mol. The van der Waals surface area contributed by atoms with Crippen LogP contribution in [0.2, 0.25) is 0 Å². The summed E-state index contributed by atoms with van der Waals surface area (Å²) in [6.07, 6.45) is 0.526. The van der Waals surface area contributed by atoms with Crippen LogP contribution in [0.1, 0.15) is 12.5 Å². The van der Waals surface area contributed by atoms with Gasteiger partial charge < -0.3 is 10.1 Å². The lowest BCUT2D eigenvalue weighted by Crippen LogP contribution is -2.47. The molecule has 0 aliphatic rings. The summed E-state index contributed by atoms with van der Waals surface area (Å²) in [6.45, 7) is 2.95. The average Bonchev–Trinajstić information content (AvgIpc) is 2.40. The first-order chi connectivity index (χ1) is 9.17. The van der Waals surface area contributed by atoms with Crippen molar-refractivity contribution in [1.82, 2.24) is 10.7 Å². The summed E-state index contributed by atoms with van der Waals surface area (Å²) in [5.74, 6) is 5.63. The number of hydrogen-bond donors (Lipinski definition) is 3. The molecule has 0 saturated heterocycles. The first-order valence-corrected chi connectivity index (χ1v) is 6.17. The van der Waals surface area contributed by atoms with Crippen LogP contribution in [0.4, 0.5) is 4.39 Å². The molecule has 0 amide bonds. The maximum absolute atomic E-state index is 13.4. The fourth-order valence-corrected chi connectivity index (χ4v) is 1.65. The molecule has 106 valence electrons. The third-order valence-corrected chi connectivity index (χ3v) is 2.55. The summed E-state index contributed by atoms with van der Waals surface area (Å²) < 4.78 is 18.4. The number of nitrogens with zero attached hydrogens (tertiary/aromatic N) is 1. The molecule has 0 bridgehead atoms. The third-order valence-electron chi connectivity index (χ3n) is 2.55. The zero-order valence-electron chi connectivity index (χ0n) is 11.3. The second kappa shape index (κ2) is 8.44. The van der Waals surface area contributed by atoms with Crippen LogP contribution in [0.25, 0.3) is 0 Å². The van der Waals surface area contributed by atoms with E-state index in [1.165, 1.54) is 6.07 Å². The van der Waals surface area contributed by atoms with Crippen molar-refractivity contribution < 1.29 is 9.13 Å². The van der Waals surface area contributed by atoms with Gasteiger partial charge >= 0.3 is 0 Å². The number of ether oxygens (including phenoxy) is 1. The minimum absolute atomic E-state index is 0.0910. The molecule has 5 nitrogen and oxygen atoms in total. The van der Waals surface area contributed by atoms with E-state index in [1.54, 1.807) is 19.2 Å². The highest BCUT2D eigenvalue weighted by Gasteiger charge is 2.04. The van der Waals surface area contributed by atoms with Gasteiger partial charge in [0.1, 0.15) is 5.82 Å². The molecule has 1 aromatic rings. The van der Waals surface area contributed by atoms with Crippen LogP contribution in [0.3, 0.4) is 0 Å². The fraction of sp³-hybridized carbons (Fsp3) is 0.462. The van der Waals surface area contributed by atoms with Crippen molar-refractivity contribution in [2.45, 2.75) is 19.4 Å². The summed E-state index contributed by atoms with van der Waals surface area (Å²) >= 11 is 0. The highest BCUT2D eigenvalue weighted by atomic mass is 19.1. The number of benzene rings is 1. The molecule has 0 heterocycles. The van der Waals surface area contributed by atoms with Crippen molar-refractivity contribution in [3.8, 4) is 0 Å². The van der Waals surface area contributed by atoms with E-state index in [0.29, 0.717) is 31.1 Å². The van der Waals surface area contributed by atoms with Gasteiger partial charge in [0, 0.05) is 19.7 Å². The van der Waals surface area contributed by atoms with Crippen LogP contribution in [0.15, 0.2) is 29.3 Å². The predicted octanol–water partition coefficient (Wildman–Crippen LogP) is 0.812. The molecule has 0 aliphatic heterocycles. The van der Waals surface area contributed by atoms with Crippen molar-refractivity contribution in [2.24, 2.45) is 10.8 Å².